The number of para-hydroxylation sites is 2. The number of phenols is 2. The Bertz CT molecular complexity index is 6680. The number of pyridine rings is 2. The quantitative estimate of drug-likeness (QED) is 0.118. The van der Waals surface area contributed by atoms with Crippen molar-refractivity contribution in [1.82, 2.24) is 29.1 Å². The van der Waals surface area contributed by atoms with Crippen molar-refractivity contribution in [1.29, 1.82) is 0 Å². The molecular weight excluding hydrogens is 1890 g/mol. The van der Waals surface area contributed by atoms with Crippen molar-refractivity contribution < 1.29 is 52.3 Å². The SMILES string of the molecule is Cc1cc(-c2nc3c(-c4[c-]c(-c5cc(-c6ccc(C(C)(C)C)cc6)ccn5)cc(C(C)(C)C)c4)cccc3n2-c2ccc(C(C)(C)C)cc2-c2ccccc2)c(O)c(C(C)(C)C)c1.Cc1ccc(-n2c(-c3cc(C)cc(C(C)(C)C)c3O)nc3c(-c4[c-]c(-c5cc(-c6ccc(C(C)(C)C)cc6)ccn5)cc(C(C)(C)C)c4)cccc32)c(-c2ccccc2)c1.[Pt].[Pt]. The molecule has 0 spiro atoms. The summed E-state index contributed by atoms with van der Waals surface area (Å²) in [5, 5.41) is 24.5. The summed E-state index contributed by atoms with van der Waals surface area (Å²) in [6.07, 6.45) is 3.81. The maximum Gasteiger partial charge on any atom is 0.148 e. The zero-order chi connectivity index (χ0) is 87.9. The van der Waals surface area contributed by atoms with Gasteiger partial charge in [0.15, 0.2) is 0 Å². The molecule has 0 atom stereocenters. The molecule has 2 N–H and O–H groups in total. The van der Waals surface area contributed by atoms with Crippen molar-refractivity contribution in [2.75, 3.05) is 0 Å². The Morgan fingerprint density at radius 1 is 0.264 bits per heavy atom. The van der Waals surface area contributed by atoms with E-state index < -0.39 is 0 Å². The number of fused-ring (bicyclic) bond motifs is 2. The van der Waals surface area contributed by atoms with Crippen LogP contribution in [0.15, 0.2) is 267 Å². The maximum absolute atomic E-state index is 12.3. The first-order valence-electron chi connectivity index (χ1n) is 43.3. The Kier molecular flexibility index (Phi) is 25.6. The second-order valence-corrected chi connectivity index (χ2v) is 40.9. The molecule has 0 saturated heterocycles. The van der Waals surface area contributed by atoms with Crippen molar-refractivity contribution in [3.63, 3.8) is 0 Å². The van der Waals surface area contributed by atoms with Gasteiger partial charge in [0.1, 0.15) is 23.1 Å². The van der Waals surface area contributed by atoms with Gasteiger partial charge in [-0.2, -0.15) is 0 Å². The minimum atomic E-state index is -0.295. The fourth-order valence-corrected chi connectivity index (χ4v) is 16.7. The third-order valence-electron chi connectivity index (χ3n) is 23.9. The van der Waals surface area contributed by atoms with E-state index in [1.54, 1.807) is 0 Å². The topological polar surface area (TPSA) is 102 Å². The number of nitrogens with zero attached hydrogens (tertiary/aromatic N) is 6. The monoisotopic (exact) mass is 2000 g/mol. The zero-order valence-corrected chi connectivity index (χ0v) is 81.7. The Labute approximate surface area is 771 Å². The van der Waals surface area contributed by atoms with Gasteiger partial charge in [-0.1, -0.05) is 343 Å². The molecule has 0 saturated carbocycles. The number of aromatic hydroxyl groups is 2. The van der Waals surface area contributed by atoms with E-state index in [2.05, 4.69) is 442 Å². The first-order valence-corrected chi connectivity index (χ1v) is 43.3. The molecule has 16 rings (SSSR count). The van der Waals surface area contributed by atoms with Crippen molar-refractivity contribution in [2.45, 2.75) is 204 Å². The summed E-state index contributed by atoms with van der Waals surface area (Å²) in [5.41, 5.74) is 33.8. The molecule has 0 aliphatic rings. The van der Waals surface area contributed by atoms with E-state index >= 15 is 0 Å². The molecule has 4 heterocycles. The minimum Gasteiger partial charge on any atom is -0.507 e. The molecule has 125 heavy (non-hydrogen) atoms. The largest absolute Gasteiger partial charge is 0.507 e. The van der Waals surface area contributed by atoms with Crippen LogP contribution in [0.1, 0.15) is 201 Å². The number of hydrogen-bond acceptors (Lipinski definition) is 6. The van der Waals surface area contributed by atoms with Gasteiger partial charge in [0.2, 0.25) is 0 Å². The summed E-state index contributed by atoms with van der Waals surface area (Å²) >= 11 is 0. The normalized spacial score (nSPS) is 12.3. The van der Waals surface area contributed by atoms with Crippen molar-refractivity contribution >= 4 is 22.1 Å². The summed E-state index contributed by atoms with van der Waals surface area (Å²) in [7, 11) is 0. The van der Waals surface area contributed by atoms with E-state index in [0.29, 0.717) is 22.8 Å². The van der Waals surface area contributed by atoms with Gasteiger partial charge >= 0.3 is 0 Å². The number of aromatic nitrogens is 6. The fourth-order valence-electron chi connectivity index (χ4n) is 16.7. The summed E-state index contributed by atoms with van der Waals surface area (Å²) in [6.45, 7) is 52.9. The van der Waals surface area contributed by atoms with Gasteiger partial charge in [0.25, 0.3) is 0 Å². The number of aryl methyl sites for hydroxylation is 3. The van der Waals surface area contributed by atoms with E-state index in [4.69, 9.17) is 19.9 Å². The van der Waals surface area contributed by atoms with Crippen LogP contribution >= 0.6 is 0 Å². The van der Waals surface area contributed by atoms with Crippen molar-refractivity contribution in [3.8, 4) is 135 Å². The fraction of sp³-hybridized carbons (Fsp3) is 0.270. The van der Waals surface area contributed by atoms with E-state index in [-0.39, 0.29) is 91.5 Å². The van der Waals surface area contributed by atoms with E-state index in [1.807, 2.05) is 12.4 Å². The molecule has 0 bridgehead atoms. The van der Waals surface area contributed by atoms with Gasteiger partial charge in [-0.15, -0.1) is 58.7 Å². The zero-order valence-electron chi connectivity index (χ0n) is 77.1. The second kappa shape index (κ2) is 35.0. The summed E-state index contributed by atoms with van der Waals surface area (Å²) in [5.74, 6) is 1.87. The molecule has 0 fully saturated rings. The Balaban J connectivity index is 0.000000211. The first kappa shape index (κ1) is 91.6. The molecule has 4 aromatic heterocycles. The van der Waals surface area contributed by atoms with Gasteiger partial charge in [0.05, 0.1) is 44.6 Å². The van der Waals surface area contributed by atoms with Crippen LogP contribution in [0, 0.1) is 32.9 Å². The number of hydrogen-bond donors (Lipinski definition) is 2. The predicted octanol–water partition coefficient (Wildman–Crippen LogP) is 30.5. The molecule has 642 valence electrons. The average molecular weight is 2010 g/mol. The number of phenolic OH excluding ortho intramolecular Hbond substituents is 2. The first-order chi connectivity index (χ1) is 57.9. The predicted molar refractivity (Wildman–Crippen MR) is 518 cm³/mol. The van der Waals surface area contributed by atoms with Crippen LogP contribution in [0.2, 0.25) is 0 Å². The summed E-state index contributed by atoms with van der Waals surface area (Å²) < 4.78 is 4.51. The van der Waals surface area contributed by atoms with E-state index in [0.717, 1.165) is 145 Å². The molecular formula is C115H118N6O2Pt2-2. The van der Waals surface area contributed by atoms with E-state index in [9.17, 15) is 10.2 Å². The standard InChI is InChI=1S/C59H62N3O.C56H56N3O.2Pt/c1-37-30-48(54(63)49(31-37)59(11,12)13)55-61-53-46(20-17-21-52(53)62(55)51-27-26-44(57(5,6)7)36-47(51)39-18-15-14-16-19-39)41-32-42(34-45(33-41)58(8,9)10)50-35-40(28-29-60-50)38-22-24-43(25-23-38)56(2,3)4;1-35-20-25-49(45(28-35)38-16-13-12-14-17-38)59-50-19-15-18-44(51(50)58-53(59)46-29-36(2)30-47(52(46)60)56(9,10)11)40-31-41(33-43(32-40)55(6,7)8)48-34-39(26-27-57-48)37-21-23-42(24-22-37)54(3,4)5;;/h14-31,33-36,63H,1-13H3;12-30,32-34,60H,1-11H3;;/q2*-1;;. The molecule has 16 aromatic rings. The summed E-state index contributed by atoms with van der Waals surface area (Å²) in [6, 6.07) is 98.7. The van der Waals surface area contributed by atoms with E-state index in [1.165, 1.54) is 33.4 Å². The summed E-state index contributed by atoms with van der Waals surface area (Å²) in [4.78, 5) is 21.0. The molecule has 8 nitrogen and oxygen atoms in total. The van der Waals surface area contributed by atoms with Gasteiger partial charge in [-0.25, -0.2) is 9.97 Å². The molecule has 10 heteroatoms. The molecule has 0 amide bonds. The van der Waals surface area contributed by atoms with Gasteiger partial charge in [-0.3, -0.25) is 19.1 Å². The average Bonchev–Trinajstić information content (AvgIpc) is 1.58. The smallest absolute Gasteiger partial charge is 0.148 e. The minimum absolute atomic E-state index is 0. The van der Waals surface area contributed by atoms with Crippen LogP contribution < -0.4 is 0 Å². The van der Waals surface area contributed by atoms with Crippen LogP contribution in [0.3, 0.4) is 0 Å². The van der Waals surface area contributed by atoms with Crippen LogP contribution in [0.4, 0.5) is 0 Å². The van der Waals surface area contributed by atoms with Gasteiger partial charge < -0.3 is 10.2 Å². The number of benzene rings is 12. The molecule has 0 aliphatic heterocycles. The van der Waals surface area contributed by atoms with Crippen molar-refractivity contribution in [3.05, 3.63) is 335 Å². The molecule has 0 unspecified atom stereocenters. The maximum atomic E-state index is 12.3. The molecule has 0 radical (unpaired) electrons. The Morgan fingerprint density at radius 3 is 0.976 bits per heavy atom. The van der Waals surface area contributed by atoms with Crippen LogP contribution in [-0.4, -0.2) is 39.3 Å². The van der Waals surface area contributed by atoms with Crippen LogP contribution in [0.5, 0.6) is 11.5 Å². The second-order valence-electron chi connectivity index (χ2n) is 40.9. The Hall–Kier alpha value is -11.1. The third-order valence-corrected chi connectivity index (χ3v) is 23.9. The third kappa shape index (κ3) is 19.2. The number of imidazole rings is 2. The van der Waals surface area contributed by atoms with Crippen molar-refractivity contribution in [2.24, 2.45) is 0 Å². The van der Waals surface area contributed by atoms with Crippen LogP contribution in [0.25, 0.3) is 145 Å². The Morgan fingerprint density at radius 2 is 0.608 bits per heavy atom. The van der Waals surface area contributed by atoms with Gasteiger partial charge in [0, 0.05) is 88.2 Å². The molecule has 12 aromatic carbocycles. The van der Waals surface area contributed by atoms with Crippen LogP contribution in [-0.2, 0) is 80.0 Å². The van der Waals surface area contributed by atoms with Gasteiger partial charge in [-0.05, 0) is 181 Å². The number of rotatable bonds is 12. The molecule has 0 aliphatic carbocycles.